The molecule has 1 fully saturated rings. The Hall–Kier alpha value is -2.86. The molecule has 3 aromatic rings. The number of carbonyl (C=O) groups is 2. The fourth-order valence-corrected chi connectivity index (χ4v) is 3.14. The maximum Gasteiger partial charge on any atom is 0.227 e. The van der Waals surface area contributed by atoms with Crippen LogP contribution in [0.15, 0.2) is 46.9 Å². The Balaban J connectivity index is 1.69. The van der Waals surface area contributed by atoms with E-state index >= 15 is 0 Å². The van der Waals surface area contributed by atoms with Crippen LogP contribution in [0.1, 0.15) is 6.42 Å². The zero-order valence-corrected chi connectivity index (χ0v) is 13.9. The molecule has 0 saturated carbocycles. The minimum absolute atomic E-state index is 0.120. The lowest BCUT2D eigenvalue weighted by Crippen LogP contribution is -2.28. The van der Waals surface area contributed by atoms with Gasteiger partial charge in [0, 0.05) is 29.2 Å². The maximum atomic E-state index is 12.2. The molecule has 25 heavy (non-hydrogen) atoms. The predicted octanol–water partition coefficient (Wildman–Crippen LogP) is 2.99. The third-order valence-corrected chi connectivity index (χ3v) is 4.52. The van der Waals surface area contributed by atoms with Crippen LogP contribution >= 0.6 is 11.6 Å². The number of amides is 2. The maximum absolute atomic E-state index is 12.2. The molecule has 1 aliphatic rings. The van der Waals surface area contributed by atoms with Gasteiger partial charge in [-0.05, 0) is 36.4 Å². The fourth-order valence-electron chi connectivity index (χ4n) is 2.98. The largest absolute Gasteiger partial charge is 0.436 e. The quantitative estimate of drug-likeness (QED) is 0.782. The number of fused-ring (bicyclic) bond motifs is 1. The predicted molar refractivity (Wildman–Crippen MR) is 94.1 cm³/mol. The van der Waals surface area contributed by atoms with Crippen LogP contribution in [0.2, 0.25) is 5.02 Å². The van der Waals surface area contributed by atoms with Gasteiger partial charge in [-0.1, -0.05) is 17.7 Å². The number of carbonyl (C=O) groups excluding carboxylic acids is 2. The van der Waals surface area contributed by atoms with Crippen LogP contribution in [0.5, 0.6) is 0 Å². The van der Waals surface area contributed by atoms with Crippen LogP contribution in [-0.4, -0.2) is 23.3 Å². The van der Waals surface area contributed by atoms with E-state index in [1.165, 1.54) is 0 Å². The van der Waals surface area contributed by atoms with Gasteiger partial charge in [-0.2, -0.15) is 0 Å². The van der Waals surface area contributed by atoms with Crippen molar-refractivity contribution >= 4 is 40.2 Å². The van der Waals surface area contributed by atoms with E-state index in [2.05, 4.69) is 4.98 Å². The molecule has 2 amide bonds. The Bertz CT molecular complexity index is 998. The molecule has 6 nitrogen and oxygen atoms in total. The zero-order chi connectivity index (χ0) is 17.6. The van der Waals surface area contributed by atoms with E-state index < -0.39 is 11.8 Å². The second kappa shape index (κ2) is 5.89. The summed E-state index contributed by atoms with van der Waals surface area (Å²) in [5.41, 5.74) is 8.05. The third kappa shape index (κ3) is 2.85. The normalized spacial score (nSPS) is 17.4. The zero-order valence-electron chi connectivity index (χ0n) is 13.1. The molecule has 1 aliphatic heterocycles. The van der Waals surface area contributed by atoms with Crippen molar-refractivity contribution in [2.45, 2.75) is 6.42 Å². The number of primary amides is 1. The van der Waals surface area contributed by atoms with Crippen LogP contribution in [0.25, 0.3) is 22.6 Å². The van der Waals surface area contributed by atoms with Gasteiger partial charge in [-0.15, -0.1) is 0 Å². The average Bonchev–Trinajstić information content (AvgIpc) is 3.18. The molecule has 2 N–H and O–H groups in total. The first kappa shape index (κ1) is 15.7. The number of halogens is 1. The summed E-state index contributed by atoms with van der Waals surface area (Å²) in [5.74, 6) is -0.590. The Morgan fingerprint density at radius 1 is 1.28 bits per heavy atom. The first-order valence-corrected chi connectivity index (χ1v) is 8.15. The van der Waals surface area contributed by atoms with Gasteiger partial charge < -0.3 is 15.1 Å². The molecule has 7 heteroatoms. The number of hydrogen-bond acceptors (Lipinski definition) is 4. The van der Waals surface area contributed by atoms with Crippen LogP contribution in [0, 0.1) is 5.92 Å². The molecule has 2 aromatic carbocycles. The first-order chi connectivity index (χ1) is 12.0. The summed E-state index contributed by atoms with van der Waals surface area (Å²) < 4.78 is 5.77. The number of hydrogen-bond donors (Lipinski definition) is 1. The van der Waals surface area contributed by atoms with E-state index in [1.807, 2.05) is 24.3 Å². The van der Waals surface area contributed by atoms with Gasteiger partial charge in [0.15, 0.2) is 5.58 Å². The summed E-state index contributed by atoms with van der Waals surface area (Å²) in [4.78, 5) is 29.5. The smallest absolute Gasteiger partial charge is 0.227 e. The van der Waals surface area contributed by atoms with Gasteiger partial charge in [0.25, 0.3) is 0 Å². The standard InChI is InChI=1S/C18H14ClN3O3/c19-12-4-5-15-14(8-12)21-18(25-15)10-2-1-3-13(6-10)22-9-11(17(20)24)7-16(22)23/h1-6,8,11H,7,9H2,(H2,20,24). The molecule has 1 saturated heterocycles. The highest BCUT2D eigenvalue weighted by atomic mass is 35.5. The highest BCUT2D eigenvalue weighted by molar-refractivity contribution is 6.31. The molecule has 1 unspecified atom stereocenters. The van der Waals surface area contributed by atoms with Gasteiger partial charge in [-0.3, -0.25) is 9.59 Å². The van der Waals surface area contributed by atoms with Crippen LogP contribution in [0.4, 0.5) is 5.69 Å². The lowest BCUT2D eigenvalue weighted by atomic mass is 10.1. The molecule has 0 bridgehead atoms. The Morgan fingerprint density at radius 3 is 2.88 bits per heavy atom. The van der Waals surface area contributed by atoms with Crippen molar-refractivity contribution in [2.75, 3.05) is 11.4 Å². The molecular formula is C18H14ClN3O3. The number of nitrogens with zero attached hydrogens (tertiary/aromatic N) is 2. The second-order valence-corrected chi connectivity index (χ2v) is 6.43. The minimum atomic E-state index is -0.456. The molecule has 0 radical (unpaired) electrons. The second-order valence-electron chi connectivity index (χ2n) is 5.99. The summed E-state index contributed by atoms with van der Waals surface area (Å²) >= 11 is 5.98. The van der Waals surface area contributed by atoms with Crippen molar-refractivity contribution in [3.63, 3.8) is 0 Å². The summed E-state index contributed by atoms with van der Waals surface area (Å²) in [5, 5.41) is 0.584. The summed E-state index contributed by atoms with van der Waals surface area (Å²) in [6.07, 6.45) is 0.140. The fraction of sp³-hybridized carbons (Fsp3) is 0.167. The van der Waals surface area contributed by atoms with Crippen molar-refractivity contribution in [2.24, 2.45) is 11.7 Å². The van der Waals surface area contributed by atoms with Crippen molar-refractivity contribution in [3.8, 4) is 11.5 Å². The van der Waals surface area contributed by atoms with Crippen LogP contribution in [0.3, 0.4) is 0 Å². The number of rotatable bonds is 3. The number of anilines is 1. The van der Waals surface area contributed by atoms with Gasteiger partial charge in [-0.25, -0.2) is 4.98 Å². The van der Waals surface area contributed by atoms with E-state index in [1.54, 1.807) is 23.1 Å². The molecule has 126 valence electrons. The number of nitrogens with two attached hydrogens (primary N) is 1. The summed E-state index contributed by atoms with van der Waals surface area (Å²) in [6, 6.07) is 12.5. The molecule has 0 spiro atoms. The van der Waals surface area contributed by atoms with E-state index in [0.29, 0.717) is 34.2 Å². The molecular weight excluding hydrogens is 342 g/mol. The highest BCUT2D eigenvalue weighted by Gasteiger charge is 2.34. The molecule has 1 aromatic heterocycles. The Labute approximate surface area is 148 Å². The van der Waals surface area contributed by atoms with Gasteiger partial charge in [0.1, 0.15) is 5.52 Å². The van der Waals surface area contributed by atoms with Gasteiger partial charge in [0.2, 0.25) is 17.7 Å². The lowest BCUT2D eigenvalue weighted by Gasteiger charge is -2.16. The summed E-state index contributed by atoms with van der Waals surface area (Å²) in [6.45, 7) is 0.292. The van der Waals surface area contributed by atoms with Crippen molar-refractivity contribution in [1.29, 1.82) is 0 Å². The van der Waals surface area contributed by atoms with Gasteiger partial charge in [0.05, 0.1) is 5.92 Å². The van der Waals surface area contributed by atoms with Crippen molar-refractivity contribution < 1.29 is 14.0 Å². The average molecular weight is 356 g/mol. The Morgan fingerprint density at radius 2 is 2.12 bits per heavy atom. The van der Waals surface area contributed by atoms with E-state index in [9.17, 15) is 9.59 Å². The topological polar surface area (TPSA) is 89.4 Å². The minimum Gasteiger partial charge on any atom is -0.436 e. The highest BCUT2D eigenvalue weighted by Crippen LogP contribution is 2.31. The van der Waals surface area contributed by atoms with E-state index in [4.69, 9.17) is 21.8 Å². The van der Waals surface area contributed by atoms with Crippen molar-refractivity contribution in [1.82, 2.24) is 4.98 Å². The molecule has 1 atom stereocenters. The van der Waals surface area contributed by atoms with E-state index in [-0.39, 0.29) is 12.3 Å². The SMILES string of the molecule is NC(=O)C1CC(=O)N(c2cccc(-c3nc4cc(Cl)ccc4o3)c2)C1. The molecule has 2 heterocycles. The number of oxazole rings is 1. The van der Waals surface area contributed by atoms with Gasteiger partial charge >= 0.3 is 0 Å². The lowest BCUT2D eigenvalue weighted by molar-refractivity contribution is -0.123. The van der Waals surface area contributed by atoms with Crippen LogP contribution in [-0.2, 0) is 9.59 Å². The first-order valence-electron chi connectivity index (χ1n) is 7.77. The summed E-state index contributed by atoms with van der Waals surface area (Å²) in [7, 11) is 0. The Kier molecular flexibility index (Phi) is 3.69. The monoisotopic (exact) mass is 355 g/mol. The van der Waals surface area contributed by atoms with E-state index in [0.717, 1.165) is 5.56 Å². The third-order valence-electron chi connectivity index (χ3n) is 4.28. The molecule has 4 rings (SSSR count). The van der Waals surface area contributed by atoms with Crippen molar-refractivity contribution in [3.05, 3.63) is 47.5 Å². The van der Waals surface area contributed by atoms with Crippen LogP contribution < -0.4 is 10.6 Å². The molecule has 0 aliphatic carbocycles. The number of aromatic nitrogens is 1. The number of benzene rings is 2.